The van der Waals surface area contributed by atoms with Gasteiger partial charge in [0.05, 0.1) is 0 Å². The molecular formula is C12H16O. The highest BCUT2D eigenvalue weighted by atomic mass is 16.3. The number of phenols is 1. The van der Waals surface area contributed by atoms with Gasteiger partial charge in [0.1, 0.15) is 5.75 Å². The standard InChI is InChI=1S/C12H16O/c1-5-9-7-6-8-10(13)11(9)12(2,3)4/h5-8,13H,1H2,2-4H3. The number of hydrogen-bond acceptors (Lipinski definition) is 1. The van der Waals surface area contributed by atoms with Crippen LogP contribution in [-0.2, 0) is 5.41 Å². The van der Waals surface area contributed by atoms with Gasteiger partial charge in [-0.3, -0.25) is 0 Å². The maximum absolute atomic E-state index is 9.71. The molecule has 0 atom stereocenters. The topological polar surface area (TPSA) is 20.2 Å². The molecule has 1 N–H and O–H groups in total. The molecule has 0 aromatic heterocycles. The van der Waals surface area contributed by atoms with Crippen molar-refractivity contribution in [1.29, 1.82) is 0 Å². The summed E-state index contributed by atoms with van der Waals surface area (Å²) in [5, 5.41) is 9.71. The number of benzene rings is 1. The Morgan fingerprint density at radius 1 is 1.31 bits per heavy atom. The van der Waals surface area contributed by atoms with Crippen molar-refractivity contribution in [3.05, 3.63) is 35.9 Å². The maximum atomic E-state index is 9.71. The first-order valence-corrected chi connectivity index (χ1v) is 4.41. The normalized spacial score (nSPS) is 11.3. The van der Waals surface area contributed by atoms with Gasteiger partial charge in [-0.25, -0.2) is 0 Å². The molecule has 0 fully saturated rings. The zero-order valence-electron chi connectivity index (χ0n) is 8.46. The Bertz CT molecular complexity index is 318. The minimum Gasteiger partial charge on any atom is -0.508 e. The molecule has 0 radical (unpaired) electrons. The summed E-state index contributed by atoms with van der Waals surface area (Å²) in [5.74, 6) is 0.352. The summed E-state index contributed by atoms with van der Waals surface area (Å²) >= 11 is 0. The van der Waals surface area contributed by atoms with Crippen molar-refractivity contribution in [3.8, 4) is 5.75 Å². The van der Waals surface area contributed by atoms with Crippen molar-refractivity contribution < 1.29 is 5.11 Å². The van der Waals surface area contributed by atoms with Crippen molar-refractivity contribution in [2.24, 2.45) is 0 Å². The molecule has 0 unspecified atom stereocenters. The molecule has 0 aliphatic rings. The average Bonchev–Trinajstić information content (AvgIpc) is 2.01. The Morgan fingerprint density at radius 3 is 2.31 bits per heavy atom. The molecule has 70 valence electrons. The van der Waals surface area contributed by atoms with Crippen molar-refractivity contribution in [1.82, 2.24) is 0 Å². The van der Waals surface area contributed by atoms with Gasteiger partial charge in [0.25, 0.3) is 0 Å². The molecule has 1 heteroatoms. The lowest BCUT2D eigenvalue weighted by molar-refractivity contribution is 0.446. The van der Waals surface area contributed by atoms with Gasteiger partial charge in [-0.1, -0.05) is 45.6 Å². The Labute approximate surface area is 79.7 Å². The predicted octanol–water partition coefficient (Wildman–Crippen LogP) is 3.33. The maximum Gasteiger partial charge on any atom is 0.119 e. The van der Waals surface area contributed by atoms with E-state index in [0.717, 1.165) is 11.1 Å². The van der Waals surface area contributed by atoms with Crippen LogP contribution in [0.5, 0.6) is 5.75 Å². The van der Waals surface area contributed by atoms with Gasteiger partial charge in [0, 0.05) is 5.56 Å². The van der Waals surface area contributed by atoms with Gasteiger partial charge in [0.15, 0.2) is 0 Å². The highest BCUT2D eigenvalue weighted by Gasteiger charge is 2.20. The highest BCUT2D eigenvalue weighted by molar-refractivity contribution is 5.58. The smallest absolute Gasteiger partial charge is 0.119 e. The van der Waals surface area contributed by atoms with Crippen molar-refractivity contribution in [2.75, 3.05) is 0 Å². The molecule has 0 saturated carbocycles. The monoisotopic (exact) mass is 176 g/mol. The molecule has 1 rings (SSSR count). The van der Waals surface area contributed by atoms with Crippen LogP contribution in [0.1, 0.15) is 31.9 Å². The molecule has 0 bridgehead atoms. The molecule has 0 aliphatic carbocycles. The molecule has 13 heavy (non-hydrogen) atoms. The summed E-state index contributed by atoms with van der Waals surface area (Å²) < 4.78 is 0. The van der Waals surface area contributed by atoms with Crippen LogP contribution in [0, 0.1) is 0 Å². The van der Waals surface area contributed by atoms with Gasteiger partial charge < -0.3 is 5.11 Å². The first-order valence-electron chi connectivity index (χ1n) is 4.41. The second-order valence-electron chi connectivity index (χ2n) is 4.20. The van der Waals surface area contributed by atoms with Gasteiger partial charge in [-0.2, -0.15) is 0 Å². The first-order chi connectivity index (χ1) is 5.96. The van der Waals surface area contributed by atoms with E-state index in [9.17, 15) is 5.11 Å². The second-order valence-corrected chi connectivity index (χ2v) is 4.20. The van der Waals surface area contributed by atoms with Crippen LogP contribution in [0.2, 0.25) is 0 Å². The van der Waals surface area contributed by atoms with Crippen LogP contribution in [0.3, 0.4) is 0 Å². The SMILES string of the molecule is C=Cc1cccc(O)c1C(C)(C)C. The summed E-state index contributed by atoms with van der Waals surface area (Å²) in [6.07, 6.45) is 1.78. The average molecular weight is 176 g/mol. The zero-order valence-corrected chi connectivity index (χ0v) is 8.46. The van der Waals surface area contributed by atoms with E-state index in [2.05, 4.69) is 27.4 Å². The van der Waals surface area contributed by atoms with E-state index in [4.69, 9.17) is 0 Å². The van der Waals surface area contributed by atoms with E-state index in [0.29, 0.717) is 5.75 Å². The Kier molecular flexibility index (Phi) is 2.46. The molecule has 0 heterocycles. The Morgan fingerprint density at radius 2 is 1.92 bits per heavy atom. The third kappa shape index (κ3) is 1.92. The third-order valence-electron chi connectivity index (χ3n) is 2.04. The first kappa shape index (κ1) is 9.85. The lowest BCUT2D eigenvalue weighted by Crippen LogP contribution is -2.13. The van der Waals surface area contributed by atoms with E-state index in [1.165, 1.54) is 0 Å². The molecule has 1 aromatic rings. The van der Waals surface area contributed by atoms with Gasteiger partial charge in [-0.05, 0) is 17.0 Å². The lowest BCUT2D eigenvalue weighted by Gasteiger charge is -2.22. The number of rotatable bonds is 1. The van der Waals surface area contributed by atoms with E-state index in [1.807, 2.05) is 12.1 Å². The van der Waals surface area contributed by atoms with E-state index < -0.39 is 0 Å². The number of hydrogen-bond donors (Lipinski definition) is 1. The molecular weight excluding hydrogens is 160 g/mol. The predicted molar refractivity (Wildman–Crippen MR) is 56.9 cm³/mol. The Hall–Kier alpha value is -1.24. The van der Waals surface area contributed by atoms with Crippen molar-refractivity contribution >= 4 is 6.08 Å². The van der Waals surface area contributed by atoms with Gasteiger partial charge in [-0.15, -0.1) is 0 Å². The molecule has 1 nitrogen and oxygen atoms in total. The van der Waals surface area contributed by atoms with Crippen LogP contribution in [0.25, 0.3) is 6.08 Å². The van der Waals surface area contributed by atoms with E-state index in [-0.39, 0.29) is 5.41 Å². The van der Waals surface area contributed by atoms with Gasteiger partial charge in [0.2, 0.25) is 0 Å². The summed E-state index contributed by atoms with van der Waals surface area (Å²) in [6.45, 7) is 9.97. The summed E-state index contributed by atoms with van der Waals surface area (Å²) in [5.41, 5.74) is 1.92. The fourth-order valence-corrected chi connectivity index (χ4v) is 1.54. The van der Waals surface area contributed by atoms with Crippen LogP contribution < -0.4 is 0 Å². The fraction of sp³-hybridized carbons (Fsp3) is 0.333. The van der Waals surface area contributed by atoms with Gasteiger partial charge >= 0.3 is 0 Å². The van der Waals surface area contributed by atoms with E-state index >= 15 is 0 Å². The minimum atomic E-state index is -0.0468. The van der Waals surface area contributed by atoms with E-state index in [1.54, 1.807) is 12.1 Å². The van der Waals surface area contributed by atoms with Crippen molar-refractivity contribution in [2.45, 2.75) is 26.2 Å². The molecule has 0 saturated heterocycles. The molecule has 1 aromatic carbocycles. The summed E-state index contributed by atoms with van der Waals surface area (Å²) in [4.78, 5) is 0. The summed E-state index contributed by atoms with van der Waals surface area (Å²) in [6, 6.07) is 5.52. The molecule has 0 amide bonds. The third-order valence-corrected chi connectivity index (χ3v) is 2.04. The van der Waals surface area contributed by atoms with Crippen LogP contribution in [0.4, 0.5) is 0 Å². The fourth-order valence-electron chi connectivity index (χ4n) is 1.54. The molecule has 0 aliphatic heterocycles. The molecule has 0 spiro atoms. The number of aromatic hydroxyl groups is 1. The zero-order chi connectivity index (χ0) is 10.1. The number of phenolic OH excluding ortho intramolecular Hbond substituents is 1. The van der Waals surface area contributed by atoms with Crippen LogP contribution in [0.15, 0.2) is 24.8 Å². The van der Waals surface area contributed by atoms with Crippen LogP contribution in [-0.4, -0.2) is 5.11 Å². The quantitative estimate of drug-likeness (QED) is 0.695. The second kappa shape index (κ2) is 3.25. The van der Waals surface area contributed by atoms with Crippen LogP contribution >= 0.6 is 0 Å². The van der Waals surface area contributed by atoms with Crippen molar-refractivity contribution in [3.63, 3.8) is 0 Å². The minimum absolute atomic E-state index is 0.0468. The lowest BCUT2D eigenvalue weighted by atomic mass is 9.83. The summed E-state index contributed by atoms with van der Waals surface area (Å²) in [7, 11) is 0. The Balaban J connectivity index is 3.40. The largest absolute Gasteiger partial charge is 0.508 e. The highest BCUT2D eigenvalue weighted by Crippen LogP contribution is 2.33.